The first kappa shape index (κ1) is 12.3. The molecule has 0 aromatic heterocycles. The second-order valence-corrected chi connectivity index (χ2v) is 17.5. The van der Waals surface area contributed by atoms with Gasteiger partial charge in [-0.15, -0.1) is 0 Å². The van der Waals surface area contributed by atoms with Crippen LogP contribution in [0.3, 0.4) is 0 Å². The first-order chi connectivity index (χ1) is 6.44. The average Bonchev–Trinajstić information content (AvgIpc) is 2.06. The van der Waals surface area contributed by atoms with Crippen molar-refractivity contribution in [3.63, 3.8) is 0 Å². The van der Waals surface area contributed by atoms with Gasteiger partial charge in [-0.3, -0.25) is 0 Å². The van der Waals surface area contributed by atoms with E-state index in [9.17, 15) is 4.79 Å². The zero-order valence-electron chi connectivity index (χ0n) is 9.05. The monoisotopic (exact) mass is 281 g/mol. The summed E-state index contributed by atoms with van der Waals surface area (Å²) in [5.41, 5.74) is 0. The molecule has 1 saturated heterocycles. The number of ether oxygens (including phenoxy) is 1. The van der Waals surface area contributed by atoms with Gasteiger partial charge in [0.15, 0.2) is 0 Å². The van der Waals surface area contributed by atoms with Crippen LogP contribution in [0.5, 0.6) is 0 Å². The fraction of sp³-hybridized carbons (Fsp3) is 0.889. The van der Waals surface area contributed by atoms with E-state index < -0.39 is 12.3 Å². The van der Waals surface area contributed by atoms with Gasteiger partial charge in [-0.2, -0.15) is 0 Å². The van der Waals surface area contributed by atoms with Gasteiger partial charge in [0.05, 0.1) is 0 Å². The SMILES string of the molecule is CCC1COCC(=O)N1[CH2][Ge]([CH3])([CH3])[Cl]. The van der Waals surface area contributed by atoms with Crippen molar-refractivity contribution in [1.29, 1.82) is 0 Å². The van der Waals surface area contributed by atoms with Crippen molar-refractivity contribution < 1.29 is 9.53 Å². The molecular weight excluding hydrogens is 262 g/mol. The Hall–Kier alpha value is 0.263. The summed E-state index contributed by atoms with van der Waals surface area (Å²) in [5, 5.41) is 0.780. The Balaban J connectivity index is 2.64. The standard InChI is InChI=1S/C9H18ClGeNO2/c1-4-8-5-14-6-9(13)12(8)7-11(2,3)10/h8H,4-7H2,1-3H3. The van der Waals surface area contributed by atoms with Crippen molar-refractivity contribution >= 4 is 28.3 Å². The van der Waals surface area contributed by atoms with E-state index in [0.717, 1.165) is 11.8 Å². The van der Waals surface area contributed by atoms with E-state index in [1.165, 1.54) is 0 Å². The van der Waals surface area contributed by atoms with E-state index >= 15 is 0 Å². The normalized spacial score (nSPS) is 24.1. The summed E-state index contributed by atoms with van der Waals surface area (Å²) in [7, 11) is 6.31. The summed E-state index contributed by atoms with van der Waals surface area (Å²) in [6.07, 6.45) is 0.945. The van der Waals surface area contributed by atoms with Gasteiger partial charge in [0.25, 0.3) is 0 Å². The molecule has 0 saturated carbocycles. The van der Waals surface area contributed by atoms with E-state index in [4.69, 9.17) is 14.7 Å². The zero-order chi connectivity index (χ0) is 10.8. The molecule has 0 aromatic carbocycles. The quantitative estimate of drug-likeness (QED) is 0.735. The van der Waals surface area contributed by atoms with Gasteiger partial charge in [-0.1, -0.05) is 0 Å². The Morgan fingerprint density at radius 1 is 1.64 bits per heavy atom. The Bertz CT molecular complexity index is 217. The molecule has 1 aliphatic rings. The third-order valence-electron chi connectivity index (χ3n) is 2.31. The van der Waals surface area contributed by atoms with E-state index in [2.05, 4.69) is 18.4 Å². The average molecular weight is 280 g/mol. The molecule has 82 valence electrons. The molecule has 1 aliphatic heterocycles. The van der Waals surface area contributed by atoms with E-state index in [1.54, 1.807) is 0 Å². The molecule has 1 fully saturated rings. The van der Waals surface area contributed by atoms with Crippen LogP contribution in [0.2, 0.25) is 11.5 Å². The minimum absolute atomic E-state index is 0.0995. The molecule has 1 atom stereocenters. The van der Waals surface area contributed by atoms with Gasteiger partial charge in [-0.25, -0.2) is 0 Å². The van der Waals surface area contributed by atoms with Crippen LogP contribution in [0.15, 0.2) is 0 Å². The molecule has 0 bridgehead atoms. The van der Waals surface area contributed by atoms with Crippen molar-refractivity contribution in [2.75, 3.05) is 18.6 Å². The molecule has 1 amide bonds. The summed E-state index contributed by atoms with van der Waals surface area (Å²) < 4.78 is 5.22. The maximum absolute atomic E-state index is 11.6. The van der Waals surface area contributed by atoms with E-state index in [1.807, 2.05) is 4.90 Å². The predicted octanol–water partition coefficient (Wildman–Crippen LogP) is 1.61. The van der Waals surface area contributed by atoms with Crippen LogP contribution in [0.25, 0.3) is 0 Å². The summed E-state index contributed by atoms with van der Waals surface area (Å²) >= 11 is -2.20. The minimum atomic E-state index is -2.20. The van der Waals surface area contributed by atoms with Gasteiger partial charge in [0.1, 0.15) is 0 Å². The van der Waals surface area contributed by atoms with Crippen LogP contribution >= 0.6 is 10.0 Å². The molecule has 1 heterocycles. The van der Waals surface area contributed by atoms with E-state index in [0.29, 0.717) is 6.61 Å². The number of morpholine rings is 1. The predicted molar refractivity (Wildman–Crippen MR) is 59.9 cm³/mol. The molecule has 3 nitrogen and oxygen atoms in total. The second kappa shape index (κ2) is 4.86. The number of nitrogens with zero attached hydrogens (tertiary/aromatic N) is 1. The van der Waals surface area contributed by atoms with Crippen molar-refractivity contribution in [3.05, 3.63) is 0 Å². The third-order valence-corrected chi connectivity index (χ3v) is 5.23. The Kier molecular flexibility index (Phi) is 4.28. The van der Waals surface area contributed by atoms with Gasteiger partial charge in [-0.05, 0) is 0 Å². The Morgan fingerprint density at radius 3 is 2.79 bits per heavy atom. The number of rotatable bonds is 3. The Labute approximate surface area is 92.3 Å². The summed E-state index contributed by atoms with van der Waals surface area (Å²) in [6.45, 7) is 2.97. The first-order valence-corrected chi connectivity index (χ1v) is 13.4. The molecule has 14 heavy (non-hydrogen) atoms. The van der Waals surface area contributed by atoms with Gasteiger partial charge >= 0.3 is 92.2 Å². The van der Waals surface area contributed by atoms with Crippen molar-refractivity contribution in [3.8, 4) is 0 Å². The molecule has 0 aliphatic carbocycles. The van der Waals surface area contributed by atoms with Gasteiger partial charge in [0, 0.05) is 0 Å². The van der Waals surface area contributed by atoms with Crippen LogP contribution in [-0.4, -0.2) is 47.8 Å². The zero-order valence-corrected chi connectivity index (χ0v) is 11.9. The summed E-state index contributed by atoms with van der Waals surface area (Å²) in [4.78, 5) is 13.5. The van der Waals surface area contributed by atoms with Crippen LogP contribution in [0.4, 0.5) is 0 Å². The summed E-state index contributed by atoms with van der Waals surface area (Å²) in [6, 6.07) is 0.236. The van der Waals surface area contributed by atoms with Crippen LogP contribution in [0, 0.1) is 0 Å². The molecule has 0 radical (unpaired) electrons. The molecule has 0 N–H and O–H groups in total. The van der Waals surface area contributed by atoms with Crippen LogP contribution < -0.4 is 0 Å². The van der Waals surface area contributed by atoms with Crippen LogP contribution in [0.1, 0.15) is 13.3 Å². The number of hydrogen-bond acceptors (Lipinski definition) is 2. The number of carbonyl (C=O) groups is 1. The van der Waals surface area contributed by atoms with Crippen molar-refractivity contribution in [2.24, 2.45) is 0 Å². The fourth-order valence-corrected chi connectivity index (χ4v) is 4.90. The molecule has 5 heteroatoms. The number of amides is 1. The number of hydrogen-bond donors (Lipinski definition) is 0. The summed E-state index contributed by atoms with van der Waals surface area (Å²) in [5.74, 6) is 4.32. The fourth-order valence-electron chi connectivity index (χ4n) is 1.62. The van der Waals surface area contributed by atoms with Gasteiger partial charge in [0.2, 0.25) is 0 Å². The van der Waals surface area contributed by atoms with Gasteiger partial charge < -0.3 is 0 Å². The van der Waals surface area contributed by atoms with Crippen LogP contribution in [-0.2, 0) is 9.53 Å². The Morgan fingerprint density at radius 2 is 2.29 bits per heavy atom. The molecule has 1 rings (SSSR count). The number of halogens is 1. The topological polar surface area (TPSA) is 29.5 Å². The van der Waals surface area contributed by atoms with E-state index in [-0.39, 0.29) is 18.6 Å². The third kappa shape index (κ3) is 3.44. The van der Waals surface area contributed by atoms with Crippen molar-refractivity contribution in [2.45, 2.75) is 30.9 Å². The molecule has 0 aromatic rings. The van der Waals surface area contributed by atoms with Crippen molar-refractivity contribution in [1.82, 2.24) is 4.90 Å². The maximum atomic E-state index is 11.6. The second-order valence-electron chi connectivity index (χ2n) is 4.32. The molecule has 1 unspecified atom stereocenters. The molecular formula is C9H18ClGeNO2. The first-order valence-electron chi connectivity index (χ1n) is 5.00. The number of carbonyl (C=O) groups excluding carboxylic acids is 1. The molecule has 0 spiro atoms.